The molecule has 0 aliphatic carbocycles. The third-order valence-corrected chi connectivity index (χ3v) is 0.736. The van der Waals surface area contributed by atoms with E-state index in [-0.39, 0.29) is 43.2 Å². The fraction of sp³-hybridized carbons (Fsp3) is 0.143. The van der Waals surface area contributed by atoms with E-state index < -0.39 is 0 Å². The van der Waals surface area contributed by atoms with Gasteiger partial charge in [-0.25, -0.2) is 0 Å². The van der Waals surface area contributed by atoms with Crippen molar-refractivity contribution in [3.05, 3.63) is 39.0 Å². The summed E-state index contributed by atoms with van der Waals surface area (Å²) in [6, 6.07) is 3.46. The normalized spacial score (nSPS) is 6.50. The van der Waals surface area contributed by atoms with Crippen LogP contribution in [0.25, 0.3) is 0 Å². The summed E-state index contributed by atoms with van der Waals surface area (Å²) >= 11 is 0. The molecule has 0 unspecified atom stereocenters. The van der Waals surface area contributed by atoms with Gasteiger partial charge in [0.15, 0.2) is 0 Å². The van der Waals surface area contributed by atoms with Gasteiger partial charge in [-0.15, -0.1) is 0 Å². The minimum absolute atomic E-state index is 0. The summed E-state index contributed by atoms with van der Waals surface area (Å²) in [7, 11) is 0. The van der Waals surface area contributed by atoms with Crippen LogP contribution >= 0.6 is 0 Å². The monoisotopic (exact) mass is 176 g/mol. The Morgan fingerprint density at radius 1 is 1.40 bits per heavy atom. The van der Waals surface area contributed by atoms with Crippen molar-refractivity contribution in [2.24, 2.45) is 0 Å². The molecule has 0 atom stereocenters. The van der Waals surface area contributed by atoms with Crippen LogP contribution in [-0.2, 0) is 28.3 Å². The first-order valence-corrected chi connectivity index (χ1v) is 2.06. The Bertz CT molecular complexity index is 126. The van der Waals surface area contributed by atoms with Gasteiger partial charge in [-0.2, -0.15) is 0 Å². The molecule has 2 nitrogen and oxygen atoms in total. The first-order chi connectivity index (χ1) is 3.43. The van der Waals surface area contributed by atoms with Crippen LogP contribution in [0.4, 0.5) is 0 Å². The predicted octanol–water partition coefficient (Wildman–Crippen LogP) is 1.67. The van der Waals surface area contributed by atoms with E-state index in [0.29, 0.717) is 5.76 Å². The Balaban J connectivity index is -0.000000163. The van der Waals surface area contributed by atoms with Gasteiger partial charge in [0, 0.05) is 0 Å². The number of furan rings is 1. The maximum Gasteiger partial charge on any atom is 2.00 e. The van der Waals surface area contributed by atoms with Crippen LogP contribution < -0.4 is 0 Å². The van der Waals surface area contributed by atoms with Crippen LogP contribution in [-0.4, -0.2) is 5.11 Å². The summed E-state index contributed by atoms with van der Waals surface area (Å²) in [6.45, 7) is -0.00694. The molecule has 0 radical (unpaired) electrons. The second-order valence-electron chi connectivity index (χ2n) is 1.24. The molecule has 0 aliphatic heterocycles. The summed E-state index contributed by atoms with van der Waals surface area (Å²) in [6.07, 6.45) is 1.53. The molecule has 0 saturated carbocycles. The molecule has 1 rings (SSSR count). The van der Waals surface area contributed by atoms with Crippen LogP contribution in [0.15, 0.2) is 22.8 Å². The third kappa shape index (κ3) is 4.80. The van der Waals surface area contributed by atoms with Crippen LogP contribution in [0.3, 0.4) is 0 Å². The largest absolute Gasteiger partial charge is 2.00 e. The fourth-order valence-corrected chi connectivity index (χ4v) is 0.403. The van der Waals surface area contributed by atoms with E-state index in [2.05, 4.69) is 0 Å². The minimum Gasteiger partial charge on any atom is -0.467 e. The van der Waals surface area contributed by atoms with E-state index in [9.17, 15) is 0 Å². The molecule has 0 saturated heterocycles. The van der Waals surface area contributed by atoms with Crippen molar-refractivity contribution in [2.45, 2.75) is 6.61 Å². The zero-order valence-electron chi connectivity index (χ0n) is 6.29. The van der Waals surface area contributed by atoms with Crippen LogP contribution in [0.1, 0.15) is 5.76 Å². The second-order valence-corrected chi connectivity index (χ2v) is 1.24. The van der Waals surface area contributed by atoms with Crippen LogP contribution in [0, 0.1) is 14.9 Å². The molecule has 10 heavy (non-hydrogen) atoms. The van der Waals surface area contributed by atoms with E-state index in [4.69, 9.17) is 9.52 Å². The Morgan fingerprint density at radius 3 is 2.20 bits per heavy atom. The molecule has 1 heterocycles. The summed E-state index contributed by atoms with van der Waals surface area (Å²) in [5.74, 6) is 0.611. The van der Waals surface area contributed by atoms with Crippen molar-refractivity contribution in [3.8, 4) is 0 Å². The van der Waals surface area contributed by atoms with Gasteiger partial charge in [-0.05, 0) is 12.1 Å². The average molecular weight is 176 g/mol. The molecule has 0 aromatic carbocycles. The van der Waals surface area contributed by atoms with Gasteiger partial charge >= 0.3 is 21.7 Å². The van der Waals surface area contributed by atoms with Gasteiger partial charge in [-0.3, -0.25) is 0 Å². The molecule has 0 amide bonds. The Hall–Kier alpha value is -0.0457. The van der Waals surface area contributed by atoms with Crippen molar-refractivity contribution in [3.63, 3.8) is 0 Å². The van der Waals surface area contributed by atoms with Gasteiger partial charge in [-0.1, -0.05) is 0 Å². The smallest absolute Gasteiger partial charge is 0.467 e. The van der Waals surface area contributed by atoms with Crippen molar-refractivity contribution in [2.75, 3.05) is 0 Å². The van der Waals surface area contributed by atoms with Crippen LogP contribution in [0.5, 0.6) is 0 Å². The zero-order valence-corrected chi connectivity index (χ0v) is 7.86. The standard InChI is InChI=1S/C5H6O2.2CH3.Ti/c6-4-5-2-1-3-7-5;;;/h1-3,6H,4H2;2*1H3;/q;2*-1;+2. The van der Waals surface area contributed by atoms with E-state index in [0.717, 1.165) is 0 Å². The van der Waals surface area contributed by atoms with E-state index in [1.54, 1.807) is 12.1 Å². The summed E-state index contributed by atoms with van der Waals surface area (Å²) < 4.78 is 4.73. The topological polar surface area (TPSA) is 33.4 Å². The maximum atomic E-state index is 8.33. The van der Waals surface area contributed by atoms with Crippen molar-refractivity contribution in [1.82, 2.24) is 0 Å². The van der Waals surface area contributed by atoms with Crippen molar-refractivity contribution < 1.29 is 31.2 Å². The Morgan fingerprint density at radius 2 is 2.00 bits per heavy atom. The number of aliphatic hydroxyl groups is 1. The first kappa shape index (κ1) is 16.5. The van der Waals surface area contributed by atoms with E-state index >= 15 is 0 Å². The zero-order chi connectivity index (χ0) is 5.11. The fourth-order valence-electron chi connectivity index (χ4n) is 0.403. The van der Waals surface area contributed by atoms with Gasteiger partial charge in [0.25, 0.3) is 0 Å². The van der Waals surface area contributed by atoms with E-state index in [1.807, 2.05) is 0 Å². The Labute approximate surface area is 77.1 Å². The average Bonchev–Trinajstić information content (AvgIpc) is 2.14. The molecule has 1 N–H and O–H groups in total. The van der Waals surface area contributed by atoms with Gasteiger partial charge in [0.05, 0.1) is 6.26 Å². The molecule has 3 heteroatoms. The number of hydrogen-bond acceptors (Lipinski definition) is 2. The Kier molecular flexibility index (Phi) is 14.8. The summed E-state index contributed by atoms with van der Waals surface area (Å²) in [5, 5.41) is 8.33. The van der Waals surface area contributed by atoms with E-state index in [1.165, 1.54) is 6.26 Å². The summed E-state index contributed by atoms with van der Waals surface area (Å²) in [4.78, 5) is 0. The second kappa shape index (κ2) is 8.95. The maximum absolute atomic E-state index is 8.33. The van der Waals surface area contributed by atoms with Gasteiger partial charge in [0.1, 0.15) is 12.4 Å². The van der Waals surface area contributed by atoms with Gasteiger partial charge in [0.2, 0.25) is 0 Å². The van der Waals surface area contributed by atoms with Gasteiger partial charge < -0.3 is 24.4 Å². The third-order valence-electron chi connectivity index (χ3n) is 0.736. The molecular formula is C7H12O2Ti. The molecule has 0 fully saturated rings. The predicted molar refractivity (Wildman–Crippen MR) is 37.5 cm³/mol. The number of rotatable bonds is 1. The quantitative estimate of drug-likeness (QED) is 0.521. The van der Waals surface area contributed by atoms with Crippen molar-refractivity contribution in [1.29, 1.82) is 0 Å². The SMILES string of the molecule is OCc1ccco1.[CH3-].[CH3-].[Ti+2]. The molecule has 1 aromatic rings. The molecular weight excluding hydrogens is 164 g/mol. The van der Waals surface area contributed by atoms with Crippen molar-refractivity contribution >= 4 is 0 Å². The minimum atomic E-state index is -0.00694. The molecule has 56 valence electrons. The number of hydrogen-bond donors (Lipinski definition) is 1. The van der Waals surface area contributed by atoms with Crippen LogP contribution in [0.2, 0.25) is 0 Å². The summed E-state index contributed by atoms with van der Waals surface area (Å²) in [5.41, 5.74) is 0. The molecule has 0 aliphatic rings. The molecule has 1 aromatic heterocycles. The molecule has 0 bridgehead atoms. The number of aliphatic hydroxyl groups excluding tert-OH is 1. The molecule has 0 spiro atoms. The first-order valence-electron chi connectivity index (χ1n) is 2.06.